The number of nitrogens with zero attached hydrogens (tertiary/aromatic N) is 1. The Morgan fingerprint density at radius 2 is 2.12 bits per heavy atom. The minimum atomic E-state index is -4.21. The van der Waals surface area contributed by atoms with Gasteiger partial charge in [0.2, 0.25) is 10.0 Å². The first-order valence-corrected chi connectivity index (χ1v) is 5.75. The number of primary sulfonamides is 1. The second-order valence-corrected chi connectivity index (χ2v) is 4.60. The zero-order valence-electron chi connectivity index (χ0n) is 7.95. The molecule has 0 unspecified atom stereocenters. The number of hydrogen-bond acceptors (Lipinski definition) is 4. The van der Waals surface area contributed by atoms with Gasteiger partial charge in [0, 0.05) is 0 Å². The van der Waals surface area contributed by atoms with Gasteiger partial charge in [-0.25, -0.2) is 27.3 Å². The number of sulfonamides is 1. The first kappa shape index (κ1) is 13.1. The van der Waals surface area contributed by atoms with Gasteiger partial charge in [-0.05, 0) is 6.07 Å². The van der Waals surface area contributed by atoms with Crippen molar-refractivity contribution in [1.82, 2.24) is 4.98 Å². The van der Waals surface area contributed by atoms with E-state index in [4.69, 9.17) is 16.7 Å². The molecule has 0 atom stereocenters. The Morgan fingerprint density at radius 1 is 1.56 bits per heavy atom. The Labute approximate surface area is 95.2 Å². The normalized spacial score (nSPS) is 11.9. The molecule has 0 radical (unpaired) electrons. The van der Waals surface area contributed by atoms with Crippen LogP contribution in [-0.4, -0.2) is 20.5 Å². The van der Waals surface area contributed by atoms with Crippen LogP contribution in [0.2, 0.25) is 5.15 Å². The average molecular weight is 273 g/mol. The molecule has 1 aromatic heterocycles. The van der Waals surface area contributed by atoms with Crippen LogP contribution in [0.15, 0.2) is 11.0 Å². The van der Waals surface area contributed by atoms with Crippen molar-refractivity contribution in [2.24, 2.45) is 5.14 Å². The third-order valence-electron chi connectivity index (χ3n) is 1.65. The summed E-state index contributed by atoms with van der Waals surface area (Å²) < 4.78 is 51.6. The molecule has 0 aliphatic heterocycles. The monoisotopic (exact) mass is 272 g/mol. The van der Waals surface area contributed by atoms with Crippen LogP contribution in [0.3, 0.4) is 0 Å². The molecule has 0 aromatic carbocycles. The van der Waals surface area contributed by atoms with Crippen LogP contribution in [0.4, 0.5) is 8.78 Å². The molecule has 5 nitrogen and oxygen atoms in total. The lowest BCUT2D eigenvalue weighted by atomic mass is 10.3. The molecule has 1 aromatic rings. The molecule has 0 fully saturated rings. The van der Waals surface area contributed by atoms with E-state index in [1.807, 2.05) is 0 Å². The SMILES string of the molecule is COc1c(S(N)(=O)=O)cc(C(F)F)nc1Cl. The number of nitrogens with two attached hydrogens (primary N) is 1. The summed E-state index contributed by atoms with van der Waals surface area (Å²) in [5.41, 5.74) is -0.783. The second kappa shape index (κ2) is 4.48. The maximum atomic E-state index is 12.4. The van der Waals surface area contributed by atoms with Crippen molar-refractivity contribution in [1.29, 1.82) is 0 Å². The number of ether oxygens (including phenoxy) is 1. The standard InChI is InChI=1S/C7H7ClF2N2O3S/c1-15-5-4(16(11,13)14)2-3(7(9)10)12-6(5)8/h2,7H,1H3,(H2,11,13,14). The molecule has 0 amide bonds. The lowest BCUT2D eigenvalue weighted by molar-refractivity contribution is 0.145. The van der Waals surface area contributed by atoms with Gasteiger partial charge in [-0.2, -0.15) is 0 Å². The van der Waals surface area contributed by atoms with Crippen LogP contribution in [0, 0.1) is 0 Å². The number of aromatic nitrogens is 1. The topological polar surface area (TPSA) is 82.3 Å². The summed E-state index contributed by atoms with van der Waals surface area (Å²) in [6.45, 7) is 0. The lowest BCUT2D eigenvalue weighted by Crippen LogP contribution is -2.15. The highest BCUT2D eigenvalue weighted by Gasteiger charge is 2.23. The van der Waals surface area contributed by atoms with Crippen molar-refractivity contribution >= 4 is 21.6 Å². The van der Waals surface area contributed by atoms with E-state index < -0.39 is 32.2 Å². The molecule has 0 bridgehead atoms. The Kier molecular flexibility index (Phi) is 3.66. The molecule has 0 saturated heterocycles. The van der Waals surface area contributed by atoms with E-state index in [0.29, 0.717) is 6.07 Å². The highest BCUT2D eigenvalue weighted by atomic mass is 35.5. The highest BCUT2D eigenvalue weighted by Crippen LogP contribution is 2.32. The molecule has 0 aliphatic rings. The average Bonchev–Trinajstić information content (AvgIpc) is 2.14. The zero-order valence-corrected chi connectivity index (χ0v) is 9.52. The van der Waals surface area contributed by atoms with Crippen molar-refractivity contribution in [3.05, 3.63) is 16.9 Å². The molecule has 1 heterocycles. The van der Waals surface area contributed by atoms with E-state index in [1.54, 1.807) is 0 Å². The fourth-order valence-corrected chi connectivity index (χ4v) is 2.06. The van der Waals surface area contributed by atoms with Crippen LogP contribution in [0.1, 0.15) is 12.1 Å². The summed E-state index contributed by atoms with van der Waals surface area (Å²) in [5, 5.41) is 4.35. The molecule has 0 spiro atoms. The third kappa shape index (κ3) is 2.57. The quantitative estimate of drug-likeness (QED) is 0.842. The number of hydrogen-bond donors (Lipinski definition) is 1. The summed E-state index contributed by atoms with van der Waals surface area (Å²) in [7, 11) is -3.08. The van der Waals surface area contributed by atoms with Crippen molar-refractivity contribution in [3.8, 4) is 5.75 Å². The van der Waals surface area contributed by atoms with Crippen LogP contribution in [0.25, 0.3) is 0 Å². The van der Waals surface area contributed by atoms with Gasteiger partial charge in [0.1, 0.15) is 10.6 Å². The summed E-state index contributed by atoms with van der Waals surface area (Å²) >= 11 is 5.50. The lowest BCUT2D eigenvalue weighted by Gasteiger charge is -2.09. The van der Waals surface area contributed by atoms with E-state index in [9.17, 15) is 17.2 Å². The summed E-state index contributed by atoms with van der Waals surface area (Å²) in [4.78, 5) is 2.67. The van der Waals surface area contributed by atoms with Gasteiger partial charge in [0.05, 0.1) is 7.11 Å². The number of halogens is 3. The van der Waals surface area contributed by atoms with Crippen molar-refractivity contribution < 1.29 is 21.9 Å². The molecular formula is C7H7ClF2N2O3S. The largest absolute Gasteiger partial charge is 0.492 e. The molecule has 9 heteroatoms. The van der Waals surface area contributed by atoms with Crippen molar-refractivity contribution in [2.75, 3.05) is 7.11 Å². The minimum Gasteiger partial charge on any atom is -0.492 e. The number of alkyl halides is 2. The Morgan fingerprint density at radius 3 is 2.50 bits per heavy atom. The van der Waals surface area contributed by atoms with Crippen LogP contribution >= 0.6 is 11.6 Å². The maximum absolute atomic E-state index is 12.4. The molecule has 16 heavy (non-hydrogen) atoms. The number of rotatable bonds is 3. The van der Waals surface area contributed by atoms with Crippen LogP contribution in [-0.2, 0) is 10.0 Å². The van der Waals surface area contributed by atoms with Gasteiger partial charge in [-0.3, -0.25) is 0 Å². The van der Waals surface area contributed by atoms with E-state index in [2.05, 4.69) is 9.72 Å². The maximum Gasteiger partial charge on any atom is 0.280 e. The predicted octanol–water partition coefficient (Wildman–Crippen LogP) is 1.33. The number of methoxy groups -OCH3 is 1. The molecular weight excluding hydrogens is 266 g/mol. The highest BCUT2D eigenvalue weighted by molar-refractivity contribution is 7.89. The van der Waals surface area contributed by atoms with Gasteiger partial charge >= 0.3 is 0 Å². The van der Waals surface area contributed by atoms with E-state index >= 15 is 0 Å². The van der Waals surface area contributed by atoms with Gasteiger partial charge in [0.25, 0.3) is 6.43 Å². The van der Waals surface area contributed by atoms with E-state index in [1.165, 1.54) is 0 Å². The minimum absolute atomic E-state index is 0.353. The first-order valence-electron chi connectivity index (χ1n) is 3.82. The fraction of sp³-hybridized carbons (Fsp3) is 0.286. The van der Waals surface area contributed by atoms with Gasteiger partial charge < -0.3 is 4.74 Å². The third-order valence-corrected chi connectivity index (χ3v) is 2.82. The summed E-state index contributed by atoms with van der Waals surface area (Å²) in [6, 6.07) is 0.630. The van der Waals surface area contributed by atoms with E-state index in [0.717, 1.165) is 7.11 Å². The molecule has 0 aliphatic carbocycles. The van der Waals surface area contributed by atoms with Gasteiger partial charge in [-0.15, -0.1) is 0 Å². The Balaban J connectivity index is 3.56. The number of pyridine rings is 1. The van der Waals surface area contributed by atoms with Crippen molar-refractivity contribution in [2.45, 2.75) is 11.3 Å². The fourth-order valence-electron chi connectivity index (χ4n) is 1.01. The Bertz CT molecular complexity index is 507. The molecule has 0 saturated carbocycles. The molecule has 90 valence electrons. The molecule has 2 N–H and O–H groups in total. The smallest absolute Gasteiger partial charge is 0.280 e. The van der Waals surface area contributed by atoms with Crippen LogP contribution in [0.5, 0.6) is 5.75 Å². The van der Waals surface area contributed by atoms with Gasteiger partial charge in [0.15, 0.2) is 10.9 Å². The summed E-state index contributed by atoms with van der Waals surface area (Å²) in [6.07, 6.45) is -2.95. The van der Waals surface area contributed by atoms with E-state index in [-0.39, 0.29) is 5.75 Å². The van der Waals surface area contributed by atoms with Gasteiger partial charge in [-0.1, -0.05) is 11.6 Å². The first-order chi connectivity index (χ1) is 7.27. The van der Waals surface area contributed by atoms with Crippen molar-refractivity contribution in [3.63, 3.8) is 0 Å². The zero-order chi connectivity index (χ0) is 12.5. The predicted molar refractivity (Wildman–Crippen MR) is 52.1 cm³/mol. The summed E-state index contributed by atoms with van der Waals surface area (Å²) in [5.74, 6) is -0.353. The molecule has 1 rings (SSSR count). The Hall–Kier alpha value is -0.990. The second-order valence-electron chi connectivity index (χ2n) is 2.72. The van der Waals surface area contributed by atoms with Crippen LogP contribution < -0.4 is 9.88 Å².